The molecule has 5 heteroatoms. The summed E-state index contributed by atoms with van der Waals surface area (Å²) in [6, 6.07) is 7.02. The molecule has 1 aliphatic carbocycles. The van der Waals surface area contributed by atoms with Crippen LogP contribution in [-0.4, -0.2) is 23.7 Å². The van der Waals surface area contributed by atoms with E-state index in [1.807, 2.05) is 53.8 Å². The number of rotatable bonds is 5. The van der Waals surface area contributed by atoms with Gasteiger partial charge in [0.2, 0.25) is 0 Å². The normalized spacial score (nSPS) is 18.1. The summed E-state index contributed by atoms with van der Waals surface area (Å²) in [6.07, 6.45) is 3.60. The molecule has 0 N–H and O–H groups in total. The molecule has 0 radical (unpaired) electrons. The Labute approximate surface area is 189 Å². The maximum atomic E-state index is 11.8. The maximum absolute atomic E-state index is 11.8. The molecule has 1 fully saturated rings. The highest BCUT2D eigenvalue weighted by Crippen LogP contribution is 2.32. The second-order valence-electron chi connectivity index (χ2n) is 6.73. The van der Waals surface area contributed by atoms with Crippen LogP contribution in [0, 0.1) is 5.92 Å². The summed E-state index contributed by atoms with van der Waals surface area (Å²) in [5, 5.41) is 0. The Kier molecular flexibility index (Phi) is 17.7. The number of alkyl halides is 3. The van der Waals surface area contributed by atoms with Gasteiger partial charge in [-0.05, 0) is 46.0 Å². The van der Waals surface area contributed by atoms with E-state index < -0.39 is 11.7 Å². The number of halogens is 3. The van der Waals surface area contributed by atoms with E-state index in [4.69, 9.17) is 0 Å². The van der Waals surface area contributed by atoms with Crippen LogP contribution in [0.5, 0.6) is 0 Å². The molecule has 1 aliphatic rings. The predicted octanol–water partition coefficient (Wildman–Crippen LogP) is 8.76. The molecule has 2 atom stereocenters. The van der Waals surface area contributed by atoms with Crippen LogP contribution in [0.3, 0.4) is 0 Å². The maximum Gasteiger partial charge on any atom is 0.416 e. The molecule has 0 bridgehead atoms. The third kappa shape index (κ3) is 11.8. The average molecular weight is 441 g/mol. The molecule has 178 valence electrons. The van der Waals surface area contributed by atoms with E-state index in [9.17, 15) is 13.2 Å². The van der Waals surface area contributed by atoms with Crippen LogP contribution in [-0.2, 0) is 6.18 Å². The molecule has 0 aromatic heterocycles. The minimum Gasteiger partial charge on any atom is -0.368 e. The van der Waals surface area contributed by atoms with Crippen molar-refractivity contribution < 1.29 is 13.2 Å². The lowest BCUT2D eigenvalue weighted by Gasteiger charge is -2.32. The highest BCUT2D eigenvalue weighted by molar-refractivity contribution is 5.56. The number of likely N-dealkylation sites (N-methyl/N-ethyl adjacent to an activating group) is 1. The lowest BCUT2D eigenvalue weighted by Crippen LogP contribution is -2.32. The number of hydrogen-bond acceptors (Lipinski definition) is 2. The second kappa shape index (κ2) is 17.6. The summed E-state index contributed by atoms with van der Waals surface area (Å²) >= 11 is 0. The number of allylic oxidation sites excluding steroid dienone is 1. The molecule has 1 aromatic rings. The van der Waals surface area contributed by atoms with Gasteiger partial charge in [0, 0.05) is 18.8 Å². The minimum atomic E-state index is -4.21. The molecule has 1 aromatic carbocycles. The van der Waals surface area contributed by atoms with E-state index in [0.29, 0.717) is 6.04 Å². The molecule has 1 saturated carbocycles. The van der Waals surface area contributed by atoms with Crippen molar-refractivity contribution >= 4 is 6.21 Å². The first-order valence-corrected chi connectivity index (χ1v) is 11.5. The van der Waals surface area contributed by atoms with E-state index in [-0.39, 0.29) is 0 Å². The average Bonchev–Trinajstić information content (AvgIpc) is 3.21. The second-order valence-corrected chi connectivity index (χ2v) is 6.73. The molecule has 0 spiro atoms. The first kappa shape index (κ1) is 31.1. The molecule has 2 unspecified atom stereocenters. The van der Waals surface area contributed by atoms with Crippen LogP contribution in [0.25, 0.3) is 0 Å². The smallest absolute Gasteiger partial charge is 0.368 e. The van der Waals surface area contributed by atoms with Gasteiger partial charge in [0.15, 0.2) is 0 Å². The lowest BCUT2D eigenvalue weighted by atomic mass is 10.1. The van der Waals surface area contributed by atoms with Crippen molar-refractivity contribution in [2.24, 2.45) is 10.9 Å². The highest BCUT2D eigenvalue weighted by atomic mass is 19.4. The van der Waals surface area contributed by atoms with Gasteiger partial charge in [-0.3, -0.25) is 4.99 Å². The molecule has 2 nitrogen and oxygen atoms in total. The van der Waals surface area contributed by atoms with E-state index in [1.165, 1.54) is 31.4 Å². The first-order chi connectivity index (χ1) is 14.7. The van der Waals surface area contributed by atoms with Gasteiger partial charge in [-0.2, -0.15) is 13.2 Å². The van der Waals surface area contributed by atoms with Gasteiger partial charge in [0.05, 0.1) is 17.0 Å². The van der Waals surface area contributed by atoms with Gasteiger partial charge in [0.1, 0.15) is 0 Å². The minimum absolute atomic E-state index is 0.602. The molecule has 2 rings (SSSR count). The van der Waals surface area contributed by atoms with Crippen molar-refractivity contribution in [3.05, 3.63) is 59.9 Å². The topological polar surface area (TPSA) is 15.6 Å². The van der Waals surface area contributed by atoms with Crippen molar-refractivity contribution in [1.82, 2.24) is 4.90 Å². The Balaban J connectivity index is 0. The summed E-state index contributed by atoms with van der Waals surface area (Å²) in [7, 11) is 0. The van der Waals surface area contributed by atoms with E-state index in [2.05, 4.69) is 30.3 Å². The van der Waals surface area contributed by atoms with E-state index >= 15 is 0 Å². The third-order valence-electron chi connectivity index (χ3n) is 4.73. The first-order valence-electron chi connectivity index (χ1n) is 11.5. The zero-order valence-electron chi connectivity index (χ0n) is 20.8. The summed E-state index contributed by atoms with van der Waals surface area (Å²) in [4.78, 5) is 6.82. The largest absolute Gasteiger partial charge is 0.416 e. The van der Waals surface area contributed by atoms with Crippen molar-refractivity contribution in [2.75, 3.05) is 6.54 Å². The van der Waals surface area contributed by atoms with Crippen LogP contribution in [0.4, 0.5) is 13.2 Å². The fraction of sp³-hybridized carbons (Fsp3) is 0.577. The number of hydrogen-bond donors (Lipinski definition) is 0. The summed E-state index contributed by atoms with van der Waals surface area (Å²) in [6.45, 7) is 21.8. The van der Waals surface area contributed by atoms with Crippen LogP contribution < -0.4 is 0 Å². The Hall–Kier alpha value is -2.04. The Morgan fingerprint density at radius 1 is 1.10 bits per heavy atom. The van der Waals surface area contributed by atoms with Crippen molar-refractivity contribution in [3.8, 4) is 0 Å². The quantitative estimate of drug-likeness (QED) is 0.330. The third-order valence-corrected chi connectivity index (χ3v) is 4.73. The van der Waals surface area contributed by atoms with Gasteiger partial charge in [-0.1, -0.05) is 77.6 Å². The van der Waals surface area contributed by atoms with Gasteiger partial charge in [0.25, 0.3) is 0 Å². The zero-order chi connectivity index (χ0) is 24.4. The summed E-state index contributed by atoms with van der Waals surface area (Å²) in [5.41, 5.74) is 1.48. The molecule has 0 aliphatic heterocycles. The van der Waals surface area contributed by atoms with Gasteiger partial charge < -0.3 is 4.90 Å². The summed E-state index contributed by atoms with van der Waals surface area (Å²) in [5.74, 6) is 0.852. The van der Waals surface area contributed by atoms with Gasteiger partial charge in [-0.15, -0.1) is 0 Å². The highest BCUT2D eigenvalue weighted by Gasteiger charge is 2.29. The summed E-state index contributed by atoms with van der Waals surface area (Å²) < 4.78 is 35.4. The standard InChI is InChI=1S/C15H26N2.C7H5F3.2C2H6/c1-6-15(16-7-2)13(5)17(8-3)14-10-9-12(4)11-14;8-7(9,10)6-4-2-1-3-5-6;2*1-2/h6-7,12,14H,5,8-11H2,1-4H3;1-5H;2*1-2H3/b15-6-,16-7?;;;. The predicted molar refractivity (Wildman–Crippen MR) is 130 cm³/mol. The van der Waals surface area contributed by atoms with Gasteiger partial charge >= 0.3 is 6.18 Å². The van der Waals surface area contributed by atoms with Crippen LogP contribution >= 0.6 is 0 Å². The van der Waals surface area contributed by atoms with Crippen LogP contribution in [0.15, 0.2) is 59.4 Å². The van der Waals surface area contributed by atoms with E-state index in [0.717, 1.165) is 36.0 Å². The number of nitrogens with zero attached hydrogens (tertiary/aromatic N) is 2. The van der Waals surface area contributed by atoms with Crippen molar-refractivity contribution in [3.63, 3.8) is 0 Å². The Morgan fingerprint density at radius 3 is 1.97 bits per heavy atom. The van der Waals surface area contributed by atoms with Gasteiger partial charge in [-0.25, -0.2) is 0 Å². The molecule has 0 saturated heterocycles. The molecule has 0 amide bonds. The zero-order valence-corrected chi connectivity index (χ0v) is 20.8. The molecule has 31 heavy (non-hydrogen) atoms. The molecular formula is C26H43F3N2. The monoisotopic (exact) mass is 440 g/mol. The van der Waals surface area contributed by atoms with E-state index in [1.54, 1.807) is 6.07 Å². The van der Waals surface area contributed by atoms with Crippen LogP contribution in [0.2, 0.25) is 0 Å². The fourth-order valence-electron chi connectivity index (χ4n) is 3.36. The van der Waals surface area contributed by atoms with Crippen molar-refractivity contribution in [2.45, 2.75) is 86.9 Å². The van der Waals surface area contributed by atoms with Crippen LogP contribution in [0.1, 0.15) is 80.2 Å². The van der Waals surface area contributed by atoms with Crippen molar-refractivity contribution in [1.29, 1.82) is 0 Å². The fourth-order valence-corrected chi connectivity index (χ4v) is 3.36. The Bertz CT molecular complexity index is 634. The SMILES string of the molecule is C=C(/C(=C/C)N=CC)N(CC)C1CCC(C)C1.CC.CC.FC(F)(F)c1ccccc1. The number of benzene rings is 1. The Morgan fingerprint density at radius 2 is 1.65 bits per heavy atom. The number of aliphatic imine (C=N–C) groups is 1. The molecule has 0 heterocycles. The molecular weight excluding hydrogens is 397 g/mol. The lowest BCUT2D eigenvalue weighted by molar-refractivity contribution is -0.137.